The summed E-state index contributed by atoms with van der Waals surface area (Å²) < 4.78 is 5.82. The number of benzene rings is 3. The summed E-state index contributed by atoms with van der Waals surface area (Å²) in [5.41, 5.74) is 2.82. The van der Waals surface area contributed by atoms with Gasteiger partial charge in [-0.25, -0.2) is 4.98 Å². The number of fused-ring (bicyclic) bond motifs is 2. The lowest BCUT2D eigenvalue weighted by Gasteiger charge is -2.24. The number of aromatic nitrogens is 3. The monoisotopic (exact) mass is 539 g/mol. The van der Waals surface area contributed by atoms with Gasteiger partial charge in [-0.05, 0) is 47.9 Å². The average Bonchev–Trinajstić information content (AvgIpc) is 3.24. The van der Waals surface area contributed by atoms with E-state index in [9.17, 15) is 4.79 Å². The van der Waals surface area contributed by atoms with Crippen LogP contribution in [-0.2, 0) is 6.42 Å². The highest BCUT2D eigenvalue weighted by molar-refractivity contribution is 6.31. The van der Waals surface area contributed by atoms with Gasteiger partial charge in [0.2, 0.25) is 0 Å². The van der Waals surface area contributed by atoms with Crippen LogP contribution in [-0.4, -0.2) is 52.1 Å². The van der Waals surface area contributed by atoms with Crippen LogP contribution in [0.5, 0.6) is 0 Å². The molecule has 0 N–H and O–H groups in total. The Kier molecular flexibility index (Phi) is 7.16. The van der Waals surface area contributed by atoms with Gasteiger partial charge in [0.15, 0.2) is 0 Å². The highest BCUT2D eigenvalue weighted by Gasteiger charge is 2.26. The molecule has 39 heavy (non-hydrogen) atoms. The molecule has 1 amide bonds. The SMILES string of the molecule is CCCCc1nc(N2CCCN(C(=O)c3cccc(Cl)c3)CC2)c2c(-c3ccc4ccccc4c3)noc2n1. The molecule has 1 fully saturated rings. The maximum atomic E-state index is 13.2. The fraction of sp³-hybridized carbons (Fsp3) is 0.290. The highest BCUT2D eigenvalue weighted by Crippen LogP contribution is 2.35. The van der Waals surface area contributed by atoms with Crippen molar-refractivity contribution in [3.05, 3.63) is 83.1 Å². The van der Waals surface area contributed by atoms with Crippen LogP contribution in [0, 0.1) is 0 Å². The topological polar surface area (TPSA) is 75.4 Å². The zero-order chi connectivity index (χ0) is 26.8. The first-order valence-corrected chi connectivity index (χ1v) is 13.9. The molecule has 8 heteroatoms. The number of carbonyl (C=O) groups excluding carboxylic acids is 1. The Morgan fingerprint density at radius 3 is 2.67 bits per heavy atom. The van der Waals surface area contributed by atoms with E-state index in [0.717, 1.165) is 65.9 Å². The van der Waals surface area contributed by atoms with Crippen molar-refractivity contribution in [2.75, 3.05) is 31.1 Å². The largest absolute Gasteiger partial charge is 0.354 e. The summed E-state index contributed by atoms with van der Waals surface area (Å²) >= 11 is 6.15. The maximum Gasteiger partial charge on any atom is 0.263 e. The second-order valence-electron chi connectivity index (χ2n) is 9.98. The summed E-state index contributed by atoms with van der Waals surface area (Å²) in [7, 11) is 0. The van der Waals surface area contributed by atoms with Crippen LogP contribution in [0.4, 0.5) is 5.82 Å². The van der Waals surface area contributed by atoms with E-state index in [4.69, 9.17) is 26.1 Å². The number of amides is 1. The summed E-state index contributed by atoms with van der Waals surface area (Å²) in [4.78, 5) is 27.2. The Bertz CT molecular complexity index is 1650. The van der Waals surface area contributed by atoms with Crippen LogP contribution < -0.4 is 4.90 Å². The predicted octanol–water partition coefficient (Wildman–Crippen LogP) is 6.79. The third-order valence-corrected chi connectivity index (χ3v) is 7.53. The minimum atomic E-state index is -0.00218. The first-order chi connectivity index (χ1) is 19.1. The molecule has 198 valence electrons. The number of anilines is 1. The summed E-state index contributed by atoms with van der Waals surface area (Å²) in [6, 6.07) is 21.7. The molecule has 7 nitrogen and oxygen atoms in total. The quantitative estimate of drug-likeness (QED) is 0.236. The van der Waals surface area contributed by atoms with Crippen LogP contribution in [0.15, 0.2) is 71.3 Å². The lowest BCUT2D eigenvalue weighted by atomic mass is 10.0. The third kappa shape index (κ3) is 5.19. The number of unbranched alkanes of at least 4 members (excludes halogenated alkanes) is 1. The van der Waals surface area contributed by atoms with Crippen LogP contribution in [0.2, 0.25) is 5.02 Å². The van der Waals surface area contributed by atoms with Gasteiger partial charge in [-0.3, -0.25) is 4.79 Å². The van der Waals surface area contributed by atoms with E-state index in [1.165, 1.54) is 5.39 Å². The highest BCUT2D eigenvalue weighted by atomic mass is 35.5. The lowest BCUT2D eigenvalue weighted by molar-refractivity contribution is 0.0767. The van der Waals surface area contributed by atoms with Gasteiger partial charge in [0, 0.05) is 48.7 Å². The molecular weight excluding hydrogens is 510 g/mol. The van der Waals surface area contributed by atoms with Crippen LogP contribution >= 0.6 is 11.6 Å². The second kappa shape index (κ2) is 11.0. The van der Waals surface area contributed by atoms with E-state index in [2.05, 4.69) is 47.3 Å². The number of hydrogen-bond donors (Lipinski definition) is 0. The van der Waals surface area contributed by atoms with Crippen LogP contribution in [0.3, 0.4) is 0 Å². The van der Waals surface area contributed by atoms with Crippen molar-refractivity contribution < 1.29 is 9.32 Å². The van der Waals surface area contributed by atoms with Gasteiger partial charge >= 0.3 is 0 Å². The lowest BCUT2D eigenvalue weighted by Crippen LogP contribution is -2.35. The molecule has 1 aliphatic heterocycles. The third-order valence-electron chi connectivity index (χ3n) is 7.29. The number of halogens is 1. The standard InChI is InChI=1S/C31H30ClN5O2/c1-2-3-12-26-33-29(36-15-7-16-37(18-17-36)31(38)24-10-6-11-25(32)20-24)27-28(35-39-30(27)34-26)23-14-13-21-8-4-5-9-22(21)19-23/h4-6,8-11,13-14,19-20H,2-3,7,12,15-18H2,1H3. The fourth-order valence-electron chi connectivity index (χ4n) is 5.23. The Morgan fingerprint density at radius 1 is 0.949 bits per heavy atom. The van der Waals surface area contributed by atoms with Crippen LogP contribution in [0.25, 0.3) is 33.1 Å². The zero-order valence-electron chi connectivity index (χ0n) is 21.9. The Hall–Kier alpha value is -3.97. The predicted molar refractivity (Wildman–Crippen MR) is 155 cm³/mol. The molecule has 3 aromatic carbocycles. The van der Waals surface area contributed by atoms with E-state index in [0.29, 0.717) is 35.9 Å². The molecule has 3 heterocycles. The van der Waals surface area contributed by atoms with Gasteiger partial charge in [0.05, 0.1) is 0 Å². The summed E-state index contributed by atoms with van der Waals surface area (Å²) in [6.45, 7) is 4.82. The fourth-order valence-corrected chi connectivity index (χ4v) is 5.42. The molecule has 5 aromatic rings. The van der Waals surface area contributed by atoms with Crippen molar-refractivity contribution in [1.29, 1.82) is 0 Å². The number of aryl methyl sites for hydroxylation is 1. The molecule has 0 atom stereocenters. The zero-order valence-corrected chi connectivity index (χ0v) is 22.7. The van der Waals surface area contributed by atoms with Gasteiger partial charge in [-0.15, -0.1) is 0 Å². The minimum absolute atomic E-state index is 0.00218. The number of nitrogens with zero attached hydrogens (tertiary/aromatic N) is 5. The van der Waals surface area contributed by atoms with E-state index in [1.807, 2.05) is 29.2 Å². The molecule has 0 aliphatic carbocycles. The second-order valence-corrected chi connectivity index (χ2v) is 10.4. The number of hydrogen-bond acceptors (Lipinski definition) is 6. The van der Waals surface area contributed by atoms with Crippen molar-refractivity contribution in [2.45, 2.75) is 32.6 Å². The van der Waals surface area contributed by atoms with E-state index in [1.54, 1.807) is 12.1 Å². The molecule has 0 spiro atoms. The van der Waals surface area contributed by atoms with E-state index >= 15 is 0 Å². The van der Waals surface area contributed by atoms with Gasteiger partial charge < -0.3 is 14.3 Å². The van der Waals surface area contributed by atoms with Crippen molar-refractivity contribution in [2.24, 2.45) is 0 Å². The first-order valence-electron chi connectivity index (χ1n) is 13.6. The Labute approximate surface area is 232 Å². The molecule has 0 saturated carbocycles. The molecule has 0 radical (unpaired) electrons. The van der Waals surface area contributed by atoms with Crippen molar-refractivity contribution >= 4 is 45.2 Å². The Balaban J connectivity index is 1.37. The van der Waals surface area contributed by atoms with E-state index < -0.39 is 0 Å². The van der Waals surface area contributed by atoms with Crippen molar-refractivity contribution in [3.63, 3.8) is 0 Å². The number of rotatable bonds is 6. The van der Waals surface area contributed by atoms with Crippen molar-refractivity contribution in [3.8, 4) is 11.3 Å². The minimum Gasteiger partial charge on any atom is -0.354 e. The molecule has 1 aliphatic rings. The maximum absolute atomic E-state index is 13.2. The number of carbonyl (C=O) groups is 1. The van der Waals surface area contributed by atoms with Gasteiger partial charge in [-0.2, -0.15) is 4.98 Å². The summed E-state index contributed by atoms with van der Waals surface area (Å²) in [6.07, 6.45) is 3.65. The molecule has 0 unspecified atom stereocenters. The summed E-state index contributed by atoms with van der Waals surface area (Å²) in [5.74, 6) is 1.59. The van der Waals surface area contributed by atoms with Gasteiger partial charge in [0.1, 0.15) is 22.7 Å². The van der Waals surface area contributed by atoms with Crippen LogP contribution in [0.1, 0.15) is 42.4 Å². The Morgan fingerprint density at radius 2 is 1.82 bits per heavy atom. The normalized spacial score (nSPS) is 14.2. The summed E-state index contributed by atoms with van der Waals surface area (Å²) in [5, 5.41) is 8.17. The van der Waals surface area contributed by atoms with Crippen molar-refractivity contribution in [1.82, 2.24) is 20.0 Å². The van der Waals surface area contributed by atoms with Gasteiger partial charge in [-0.1, -0.05) is 72.6 Å². The molecule has 2 aromatic heterocycles. The van der Waals surface area contributed by atoms with Gasteiger partial charge in [0.25, 0.3) is 11.6 Å². The molecular formula is C31H30ClN5O2. The molecule has 0 bridgehead atoms. The molecule has 6 rings (SSSR count). The first kappa shape index (κ1) is 25.3. The molecule has 1 saturated heterocycles. The smallest absolute Gasteiger partial charge is 0.263 e. The van der Waals surface area contributed by atoms with E-state index in [-0.39, 0.29) is 5.91 Å². The average molecular weight is 540 g/mol.